The van der Waals surface area contributed by atoms with Gasteiger partial charge in [-0.25, -0.2) is 4.98 Å². The number of aromatic nitrogens is 7. The van der Waals surface area contributed by atoms with Crippen LogP contribution in [0.3, 0.4) is 0 Å². The van der Waals surface area contributed by atoms with E-state index >= 15 is 0 Å². The molecule has 1 saturated carbocycles. The van der Waals surface area contributed by atoms with Gasteiger partial charge in [0.2, 0.25) is 5.91 Å². The highest BCUT2D eigenvalue weighted by atomic mass is 16.2. The van der Waals surface area contributed by atoms with Gasteiger partial charge in [-0.3, -0.25) is 24.8 Å². The van der Waals surface area contributed by atoms with E-state index in [0.29, 0.717) is 11.4 Å². The number of fused-ring (bicyclic) bond motifs is 2. The monoisotopic (exact) mass is 472 g/mol. The molecular weight excluding hydrogens is 452 g/mol. The fraction of sp³-hybridized carbons (Fsp3) is 0.111. The summed E-state index contributed by atoms with van der Waals surface area (Å²) in [6, 6.07) is 13.6. The molecule has 6 aromatic heterocycles. The standard InChI is InChI=1S/C27H20N8O/c36-27(15-4-5-15)31-17-9-16(11-28-12-17)20-6-7-22-25(33-20)26(35-34-22)23-10-18-19(13-29-14-24(18)32-23)21-3-1-2-8-30-21/h1-3,6-15,32H,4-5H2,(H,31,36)(H,34,35). The van der Waals surface area contributed by atoms with E-state index in [0.717, 1.165) is 63.0 Å². The minimum Gasteiger partial charge on any atom is -0.352 e. The van der Waals surface area contributed by atoms with Crippen molar-refractivity contribution in [3.63, 3.8) is 0 Å². The summed E-state index contributed by atoms with van der Waals surface area (Å²) in [5, 5.41) is 11.6. The molecule has 7 rings (SSSR count). The number of amides is 1. The van der Waals surface area contributed by atoms with Gasteiger partial charge in [0.25, 0.3) is 0 Å². The van der Waals surface area contributed by atoms with E-state index in [9.17, 15) is 4.79 Å². The smallest absolute Gasteiger partial charge is 0.227 e. The van der Waals surface area contributed by atoms with Crippen LogP contribution in [0.1, 0.15) is 12.8 Å². The molecule has 0 aliphatic heterocycles. The molecule has 0 saturated heterocycles. The Hall–Kier alpha value is -4.92. The van der Waals surface area contributed by atoms with E-state index in [4.69, 9.17) is 4.98 Å². The quantitative estimate of drug-likeness (QED) is 0.325. The van der Waals surface area contributed by atoms with Crippen LogP contribution in [0.15, 0.2) is 73.4 Å². The van der Waals surface area contributed by atoms with Crippen molar-refractivity contribution >= 4 is 33.5 Å². The van der Waals surface area contributed by atoms with Crippen LogP contribution < -0.4 is 5.32 Å². The lowest BCUT2D eigenvalue weighted by Crippen LogP contribution is -2.13. The molecule has 1 fully saturated rings. The maximum atomic E-state index is 12.2. The first kappa shape index (κ1) is 20.5. The average Bonchev–Trinajstić information content (AvgIpc) is 3.55. The van der Waals surface area contributed by atoms with Crippen LogP contribution in [0.25, 0.3) is 55.8 Å². The van der Waals surface area contributed by atoms with E-state index in [2.05, 4.69) is 41.5 Å². The van der Waals surface area contributed by atoms with Crippen LogP contribution in [0.4, 0.5) is 5.69 Å². The van der Waals surface area contributed by atoms with Gasteiger partial charge in [0.1, 0.15) is 11.2 Å². The van der Waals surface area contributed by atoms with Crippen LogP contribution in [0.2, 0.25) is 0 Å². The number of aromatic amines is 2. The summed E-state index contributed by atoms with van der Waals surface area (Å²) in [5.74, 6) is 0.175. The van der Waals surface area contributed by atoms with Gasteiger partial charge in [-0.05, 0) is 49.2 Å². The second-order valence-corrected chi connectivity index (χ2v) is 8.94. The largest absolute Gasteiger partial charge is 0.352 e. The van der Waals surface area contributed by atoms with Gasteiger partial charge in [-0.15, -0.1) is 0 Å². The van der Waals surface area contributed by atoms with Crippen LogP contribution in [0, 0.1) is 5.92 Å². The number of H-pyrrole nitrogens is 2. The van der Waals surface area contributed by atoms with Crippen molar-refractivity contribution in [2.75, 3.05) is 5.32 Å². The Morgan fingerprint density at radius 1 is 0.944 bits per heavy atom. The molecule has 0 bridgehead atoms. The fourth-order valence-corrected chi connectivity index (χ4v) is 4.39. The summed E-state index contributed by atoms with van der Waals surface area (Å²) in [5.41, 5.74) is 8.02. The molecule has 6 aromatic rings. The molecule has 6 heterocycles. The van der Waals surface area contributed by atoms with Gasteiger partial charge in [-0.2, -0.15) is 5.10 Å². The highest BCUT2D eigenvalue weighted by Gasteiger charge is 2.29. The number of pyridine rings is 4. The lowest BCUT2D eigenvalue weighted by molar-refractivity contribution is -0.117. The number of rotatable bonds is 5. The van der Waals surface area contributed by atoms with Crippen molar-refractivity contribution in [1.29, 1.82) is 0 Å². The predicted molar refractivity (Wildman–Crippen MR) is 137 cm³/mol. The van der Waals surface area contributed by atoms with Crippen LogP contribution in [-0.2, 0) is 4.79 Å². The Morgan fingerprint density at radius 3 is 2.72 bits per heavy atom. The topological polar surface area (TPSA) is 125 Å². The zero-order valence-corrected chi connectivity index (χ0v) is 19.1. The second-order valence-electron chi connectivity index (χ2n) is 8.94. The summed E-state index contributed by atoms with van der Waals surface area (Å²) < 4.78 is 0. The zero-order valence-electron chi connectivity index (χ0n) is 19.1. The van der Waals surface area contributed by atoms with E-state index in [1.165, 1.54) is 0 Å². The van der Waals surface area contributed by atoms with Gasteiger partial charge < -0.3 is 10.3 Å². The lowest BCUT2D eigenvalue weighted by atomic mass is 10.1. The van der Waals surface area contributed by atoms with Crippen LogP contribution >= 0.6 is 0 Å². The SMILES string of the molecule is O=C(Nc1cncc(-c2ccc3[nH]nc(-c4cc5c(-c6ccccn6)cncc5[nH]4)c3n2)c1)C1CC1. The van der Waals surface area contributed by atoms with Crippen molar-refractivity contribution in [3.8, 4) is 33.9 Å². The number of nitrogens with one attached hydrogen (secondary N) is 3. The van der Waals surface area contributed by atoms with Crippen molar-refractivity contribution in [2.24, 2.45) is 5.92 Å². The Morgan fingerprint density at radius 2 is 1.86 bits per heavy atom. The summed E-state index contributed by atoms with van der Waals surface area (Å²) >= 11 is 0. The first-order valence-electron chi connectivity index (χ1n) is 11.7. The van der Waals surface area contributed by atoms with Crippen molar-refractivity contribution in [2.45, 2.75) is 12.8 Å². The number of anilines is 1. The summed E-state index contributed by atoms with van der Waals surface area (Å²) in [4.78, 5) is 33.7. The van der Waals surface area contributed by atoms with Crippen molar-refractivity contribution < 1.29 is 4.79 Å². The molecule has 3 N–H and O–H groups in total. The molecule has 0 atom stereocenters. The molecule has 174 valence electrons. The van der Waals surface area contributed by atoms with Crippen LogP contribution in [0.5, 0.6) is 0 Å². The normalized spacial score (nSPS) is 13.3. The summed E-state index contributed by atoms with van der Waals surface area (Å²) in [6.07, 6.45) is 10.7. The Bertz CT molecular complexity index is 1750. The molecule has 0 radical (unpaired) electrons. The van der Waals surface area contributed by atoms with Gasteiger partial charge in [-0.1, -0.05) is 6.07 Å². The third-order valence-electron chi connectivity index (χ3n) is 6.40. The lowest BCUT2D eigenvalue weighted by Gasteiger charge is -2.06. The first-order valence-corrected chi connectivity index (χ1v) is 11.7. The first-order chi connectivity index (χ1) is 17.7. The highest BCUT2D eigenvalue weighted by molar-refractivity contribution is 5.99. The number of hydrogen-bond acceptors (Lipinski definition) is 6. The molecule has 1 amide bonds. The third-order valence-corrected chi connectivity index (χ3v) is 6.40. The van der Waals surface area contributed by atoms with E-state index in [1.807, 2.05) is 42.6 Å². The molecule has 9 nitrogen and oxygen atoms in total. The number of carbonyl (C=O) groups excluding carboxylic acids is 1. The van der Waals surface area contributed by atoms with Gasteiger partial charge in [0.05, 0.1) is 46.2 Å². The molecule has 1 aliphatic rings. The predicted octanol–water partition coefficient (Wildman–Crippen LogP) is 4.97. The third kappa shape index (κ3) is 3.58. The van der Waals surface area contributed by atoms with Crippen molar-refractivity contribution in [1.82, 2.24) is 35.1 Å². The van der Waals surface area contributed by atoms with E-state index in [-0.39, 0.29) is 11.8 Å². The highest BCUT2D eigenvalue weighted by Crippen LogP contribution is 2.34. The Kier molecular flexibility index (Phi) is 4.60. The van der Waals surface area contributed by atoms with E-state index < -0.39 is 0 Å². The molecular formula is C27H20N8O. The second kappa shape index (κ2) is 8.09. The minimum absolute atomic E-state index is 0.0489. The maximum absolute atomic E-state index is 12.2. The van der Waals surface area contributed by atoms with Gasteiger partial charge in [0, 0.05) is 41.0 Å². The van der Waals surface area contributed by atoms with Crippen molar-refractivity contribution in [3.05, 3.63) is 73.4 Å². The molecule has 0 spiro atoms. The molecule has 9 heteroatoms. The molecule has 0 aromatic carbocycles. The Balaban J connectivity index is 1.28. The molecule has 0 unspecified atom stereocenters. The summed E-state index contributed by atoms with van der Waals surface area (Å²) in [6.45, 7) is 0. The Labute approximate surface area is 205 Å². The summed E-state index contributed by atoms with van der Waals surface area (Å²) in [7, 11) is 0. The number of hydrogen-bond donors (Lipinski definition) is 3. The molecule has 1 aliphatic carbocycles. The van der Waals surface area contributed by atoms with Gasteiger partial charge >= 0.3 is 0 Å². The van der Waals surface area contributed by atoms with Gasteiger partial charge in [0.15, 0.2) is 0 Å². The zero-order chi connectivity index (χ0) is 24.1. The average molecular weight is 473 g/mol. The molecule has 36 heavy (non-hydrogen) atoms. The van der Waals surface area contributed by atoms with E-state index in [1.54, 1.807) is 24.8 Å². The van der Waals surface area contributed by atoms with Crippen LogP contribution in [-0.4, -0.2) is 41.0 Å². The number of carbonyl (C=O) groups is 1. The fourth-order valence-electron chi connectivity index (χ4n) is 4.39. The maximum Gasteiger partial charge on any atom is 0.227 e. The number of nitrogens with zero attached hydrogens (tertiary/aromatic N) is 5. The minimum atomic E-state index is 0.0489.